The Morgan fingerprint density at radius 1 is 1.33 bits per heavy atom. The van der Waals surface area contributed by atoms with Crippen molar-refractivity contribution in [2.45, 2.75) is 37.8 Å². The first-order valence-electron chi connectivity index (χ1n) is 7.97. The highest BCUT2D eigenvalue weighted by Crippen LogP contribution is 2.22. The van der Waals surface area contributed by atoms with Crippen molar-refractivity contribution in [1.29, 1.82) is 0 Å². The third-order valence-corrected chi connectivity index (χ3v) is 4.50. The largest absolute Gasteiger partial charge is 0.348 e. The number of rotatable bonds is 3. The Kier molecular flexibility index (Phi) is 6.01. The summed E-state index contributed by atoms with van der Waals surface area (Å²) in [5.41, 5.74) is 6.48. The first-order chi connectivity index (χ1) is 11.1. The quantitative estimate of drug-likeness (QED) is 0.771. The molecule has 0 unspecified atom stereocenters. The minimum absolute atomic E-state index is 0. The zero-order valence-electron chi connectivity index (χ0n) is 13.3. The molecule has 2 fully saturated rings. The Balaban J connectivity index is 0.00000208. The number of hydrogen-bond donors (Lipinski definition) is 3. The lowest BCUT2D eigenvalue weighted by molar-refractivity contribution is 0.0917. The van der Waals surface area contributed by atoms with Crippen molar-refractivity contribution in [3.8, 4) is 0 Å². The lowest BCUT2D eigenvalue weighted by atomic mass is 9.91. The number of halogens is 2. The Morgan fingerprint density at radius 2 is 2.08 bits per heavy atom. The molecule has 6 nitrogen and oxygen atoms in total. The van der Waals surface area contributed by atoms with Gasteiger partial charge in [-0.3, -0.25) is 9.69 Å². The molecule has 0 radical (unpaired) electrons. The van der Waals surface area contributed by atoms with Gasteiger partial charge in [-0.1, -0.05) is 12.8 Å². The molecule has 1 aromatic carbocycles. The van der Waals surface area contributed by atoms with Crippen LogP contribution < -0.4 is 21.3 Å². The van der Waals surface area contributed by atoms with Gasteiger partial charge in [0.25, 0.3) is 5.91 Å². The summed E-state index contributed by atoms with van der Waals surface area (Å²) in [5.74, 6) is -1.08. The maximum Gasteiger partial charge on any atom is 0.321 e. The summed E-state index contributed by atoms with van der Waals surface area (Å²) >= 11 is 0. The van der Waals surface area contributed by atoms with Crippen molar-refractivity contribution in [1.82, 2.24) is 10.6 Å². The molecule has 1 saturated carbocycles. The van der Waals surface area contributed by atoms with E-state index in [0.29, 0.717) is 18.8 Å². The van der Waals surface area contributed by atoms with E-state index in [0.717, 1.165) is 25.7 Å². The van der Waals surface area contributed by atoms with Crippen molar-refractivity contribution in [3.63, 3.8) is 0 Å². The second-order valence-corrected chi connectivity index (χ2v) is 6.08. The van der Waals surface area contributed by atoms with Crippen LogP contribution in [-0.4, -0.2) is 37.1 Å². The molecule has 0 bridgehead atoms. The van der Waals surface area contributed by atoms with E-state index in [2.05, 4.69) is 10.6 Å². The highest BCUT2D eigenvalue weighted by molar-refractivity contribution is 5.98. The molecular formula is C16H22ClFN4O2. The van der Waals surface area contributed by atoms with E-state index < -0.39 is 11.7 Å². The Bertz CT molecular complexity index is 628. The molecule has 1 aliphatic heterocycles. The van der Waals surface area contributed by atoms with E-state index in [1.165, 1.54) is 23.1 Å². The third-order valence-electron chi connectivity index (χ3n) is 4.50. The summed E-state index contributed by atoms with van der Waals surface area (Å²) < 4.78 is 14.0. The van der Waals surface area contributed by atoms with E-state index in [1.54, 1.807) is 0 Å². The number of nitrogens with zero attached hydrogens (tertiary/aromatic N) is 1. The molecule has 3 rings (SSSR count). The lowest BCUT2D eigenvalue weighted by Gasteiger charge is -2.29. The summed E-state index contributed by atoms with van der Waals surface area (Å²) in [7, 11) is 0. The van der Waals surface area contributed by atoms with E-state index in [4.69, 9.17) is 5.73 Å². The zero-order chi connectivity index (χ0) is 16.4. The van der Waals surface area contributed by atoms with Gasteiger partial charge in [0.05, 0.1) is 5.56 Å². The van der Waals surface area contributed by atoms with Gasteiger partial charge in [0.1, 0.15) is 5.82 Å². The summed E-state index contributed by atoms with van der Waals surface area (Å²) in [4.78, 5) is 25.6. The number of nitrogens with one attached hydrogen (secondary N) is 2. The monoisotopic (exact) mass is 356 g/mol. The maximum atomic E-state index is 14.0. The molecule has 2 aliphatic rings. The fourth-order valence-electron chi connectivity index (χ4n) is 3.16. The Morgan fingerprint density at radius 3 is 2.75 bits per heavy atom. The zero-order valence-corrected chi connectivity index (χ0v) is 14.1. The average molecular weight is 357 g/mol. The van der Waals surface area contributed by atoms with E-state index in [-0.39, 0.29) is 36.1 Å². The van der Waals surface area contributed by atoms with Gasteiger partial charge in [0.15, 0.2) is 0 Å². The molecule has 0 spiro atoms. The van der Waals surface area contributed by atoms with Crippen LogP contribution in [0.3, 0.4) is 0 Å². The first-order valence-corrected chi connectivity index (χ1v) is 7.97. The Labute approximate surface area is 146 Å². The lowest BCUT2D eigenvalue weighted by Crippen LogP contribution is -2.49. The molecule has 1 aliphatic carbocycles. The van der Waals surface area contributed by atoms with Gasteiger partial charge in [-0.15, -0.1) is 12.4 Å². The van der Waals surface area contributed by atoms with Gasteiger partial charge >= 0.3 is 6.03 Å². The van der Waals surface area contributed by atoms with Crippen LogP contribution in [0.5, 0.6) is 0 Å². The van der Waals surface area contributed by atoms with Gasteiger partial charge in [-0.05, 0) is 31.0 Å². The summed E-state index contributed by atoms with van der Waals surface area (Å²) in [5, 5.41) is 5.51. The van der Waals surface area contributed by atoms with Crippen LogP contribution in [0.25, 0.3) is 0 Å². The van der Waals surface area contributed by atoms with Crippen LogP contribution in [0.2, 0.25) is 0 Å². The molecule has 4 N–H and O–H groups in total. The van der Waals surface area contributed by atoms with Crippen LogP contribution in [0.4, 0.5) is 14.9 Å². The van der Waals surface area contributed by atoms with Gasteiger partial charge in [0, 0.05) is 30.9 Å². The van der Waals surface area contributed by atoms with Gasteiger partial charge in [-0.25, -0.2) is 9.18 Å². The first kappa shape index (κ1) is 18.5. The minimum Gasteiger partial charge on any atom is -0.348 e. The number of hydrogen-bond acceptors (Lipinski definition) is 3. The molecule has 3 amide bonds. The SMILES string of the molecule is Cl.N[C@@H]1CCCC[C@H]1NC(=O)c1cc(N2CCNC2=O)ccc1F. The van der Waals surface area contributed by atoms with Gasteiger partial charge < -0.3 is 16.4 Å². The highest BCUT2D eigenvalue weighted by atomic mass is 35.5. The number of carbonyl (C=O) groups is 2. The number of anilines is 1. The van der Waals surface area contributed by atoms with Crippen LogP contribution >= 0.6 is 12.4 Å². The summed E-state index contributed by atoms with van der Waals surface area (Å²) in [6.07, 6.45) is 3.74. The molecule has 1 aromatic rings. The number of amides is 3. The van der Waals surface area contributed by atoms with E-state index in [9.17, 15) is 14.0 Å². The standard InChI is InChI=1S/C16H21FN4O2.ClH/c17-12-6-5-10(21-8-7-19-16(21)23)9-11(12)15(22)20-14-4-2-1-3-13(14)18;/h5-6,9,13-14H,1-4,7-8,18H2,(H,19,23)(H,20,22);1H/t13-,14-;/m1./s1. The molecule has 1 saturated heterocycles. The van der Waals surface area contributed by atoms with Crippen molar-refractivity contribution in [2.24, 2.45) is 5.73 Å². The number of carbonyl (C=O) groups excluding carboxylic acids is 2. The highest BCUT2D eigenvalue weighted by Gasteiger charge is 2.26. The smallest absolute Gasteiger partial charge is 0.321 e. The van der Waals surface area contributed by atoms with Gasteiger partial charge in [0.2, 0.25) is 0 Å². The van der Waals surface area contributed by atoms with E-state index in [1.807, 2.05) is 0 Å². The normalized spacial score (nSPS) is 23.4. The fourth-order valence-corrected chi connectivity index (χ4v) is 3.16. The molecular weight excluding hydrogens is 335 g/mol. The van der Waals surface area contributed by atoms with Crippen LogP contribution in [0.1, 0.15) is 36.0 Å². The van der Waals surface area contributed by atoms with Gasteiger partial charge in [-0.2, -0.15) is 0 Å². The number of nitrogens with two attached hydrogens (primary N) is 1. The predicted molar refractivity (Wildman–Crippen MR) is 92.1 cm³/mol. The van der Waals surface area contributed by atoms with Crippen LogP contribution in [0, 0.1) is 5.82 Å². The summed E-state index contributed by atoms with van der Waals surface area (Å²) in [6, 6.07) is 3.68. The summed E-state index contributed by atoms with van der Waals surface area (Å²) in [6.45, 7) is 1.04. The minimum atomic E-state index is -0.602. The Hall–Kier alpha value is -1.86. The molecule has 132 valence electrons. The molecule has 24 heavy (non-hydrogen) atoms. The molecule has 8 heteroatoms. The second-order valence-electron chi connectivity index (χ2n) is 6.08. The number of urea groups is 1. The molecule has 2 atom stereocenters. The van der Waals surface area contributed by atoms with E-state index >= 15 is 0 Å². The third kappa shape index (κ3) is 3.79. The van der Waals surface area contributed by atoms with Crippen LogP contribution in [-0.2, 0) is 0 Å². The van der Waals surface area contributed by atoms with Crippen molar-refractivity contribution >= 4 is 30.0 Å². The number of benzene rings is 1. The van der Waals surface area contributed by atoms with Crippen LogP contribution in [0.15, 0.2) is 18.2 Å². The second kappa shape index (κ2) is 7.81. The molecule has 1 heterocycles. The average Bonchev–Trinajstić information content (AvgIpc) is 2.96. The predicted octanol–water partition coefficient (Wildman–Crippen LogP) is 1.78. The maximum absolute atomic E-state index is 14.0. The fraction of sp³-hybridized carbons (Fsp3) is 0.500. The van der Waals surface area contributed by atoms with Crippen molar-refractivity contribution in [2.75, 3.05) is 18.0 Å². The van der Waals surface area contributed by atoms with Crippen molar-refractivity contribution < 1.29 is 14.0 Å². The molecule has 0 aromatic heterocycles. The topological polar surface area (TPSA) is 87.5 Å². The van der Waals surface area contributed by atoms with Crippen molar-refractivity contribution in [3.05, 3.63) is 29.6 Å².